The summed E-state index contributed by atoms with van der Waals surface area (Å²) in [5.41, 5.74) is 1.94. The maximum Gasteiger partial charge on any atom is 0.263 e. The van der Waals surface area contributed by atoms with E-state index in [1.54, 1.807) is 30.3 Å². The van der Waals surface area contributed by atoms with Gasteiger partial charge in [-0.15, -0.1) is 0 Å². The van der Waals surface area contributed by atoms with E-state index in [9.17, 15) is 12.8 Å². The van der Waals surface area contributed by atoms with Crippen LogP contribution in [0.1, 0.15) is 11.1 Å². The van der Waals surface area contributed by atoms with Crippen molar-refractivity contribution in [2.24, 2.45) is 0 Å². The zero-order valence-electron chi connectivity index (χ0n) is 14.3. The maximum absolute atomic E-state index is 13.3. The molecule has 27 heavy (non-hydrogen) atoms. The lowest BCUT2D eigenvalue weighted by Crippen LogP contribution is -2.14. The van der Waals surface area contributed by atoms with Crippen LogP contribution in [0.15, 0.2) is 65.7 Å². The molecule has 0 saturated carbocycles. The van der Waals surface area contributed by atoms with Crippen LogP contribution >= 0.6 is 0 Å². The standard InChI is InChI=1S/C19H15FN4O2S/c1-13-10-16(7-8-17(13)20)27(25,26)24-19-9-6-15(12-22-19)23-18-5-3-2-4-14(18)11-21/h2-10,12,23H,1H3,(H,22,24). The molecule has 0 aliphatic rings. The summed E-state index contributed by atoms with van der Waals surface area (Å²) in [5.74, 6) is -0.351. The van der Waals surface area contributed by atoms with Crippen LogP contribution < -0.4 is 10.0 Å². The van der Waals surface area contributed by atoms with Gasteiger partial charge in [-0.25, -0.2) is 17.8 Å². The predicted molar refractivity (Wildman–Crippen MR) is 101 cm³/mol. The Labute approximate surface area is 156 Å². The number of nitriles is 1. The van der Waals surface area contributed by atoms with Crippen molar-refractivity contribution in [3.05, 3.63) is 77.7 Å². The SMILES string of the molecule is Cc1cc(S(=O)(=O)Nc2ccc(Nc3ccccc3C#N)cn2)ccc1F. The van der Waals surface area contributed by atoms with E-state index < -0.39 is 15.8 Å². The van der Waals surface area contributed by atoms with Gasteiger partial charge in [0.1, 0.15) is 17.7 Å². The monoisotopic (exact) mass is 382 g/mol. The Balaban J connectivity index is 1.77. The molecule has 0 aliphatic carbocycles. The van der Waals surface area contributed by atoms with E-state index in [1.165, 1.54) is 31.3 Å². The van der Waals surface area contributed by atoms with E-state index in [-0.39, 0.29) is 16.3 Å². The van der Waals surface area contributed by atoms with Crippen molar-refractivity contribution in [3.8, 4) is 6.07 Å². The minimum absolute atomic E-state index is 0.0478. The molecule has 3 aromatic rings. The van der Waals surface area contributed by atoms with Crippen molar-refractivity contribution in [2.75, 3.05) is 10.0 Å². The fraction of sp³-hybridized carbons (Fsp3) is 0.0526. The van der Waals surface area contributed by atoms with Crippen molar-refractivity contribution in [3.63, 3.8) is 0 Å². The second kappa shape index (κ2) is 7.43. The number of pyridine rings is 1. The molecule has 3 rings (SSSR count). The van der Waals surface area contributed by atoms with Gasteiger partial charge in [0.05, 0.1) is 28.0 Å². The largest absolute Gasteiger partial charge is 0.353 e. The van der Waals surface area contributed by atoms with Crippen LogP contribution in [0.2, 0.25) is 0 Å². The normalized spacial score (nSPS) is 10.9. The van der Waals surface area contributed by atoms with Crippen LogP contribution in [0.4, 0.5) is 21.6 Å². The average Bonchev–Trinajstić information content (AvgIpc) is 2.65. The van der Waals surface area contributed by atoms with E-state index >= 15 is 0 Å². The first-order valence-corrected chi connectivity index (χ1v) is 9.38. The molecule has 1 heterocycles. The van der Waals surface area contributed by atoms with Gasteiger partial charge in [0.15, 0.2) is 0 Å². The van der Waals surface area contributed by atoms with Gasteiger partial charge in [0.25, 0.3) is 10.0 Å². The molecule has 136 valence electrons. The predicted octanol–water partition coefficient (Wildman–Crippen LogP) is 3.95. The van der Waals surface area contributed by atoms with Gasteiger partial charge >= 0.3 is 0 Å². The fourth-order valence-corrected chi connectivity index (χ4v) is 3.45. The number of benzene rings is 2. The summed E-state index contributed by atoms with van der Waals surface area (Å²) in [6.45, 7) is 1.49. The molecule has 1 aromatic heterocycles. The summed E-state index contributed by atoms with van der Waals surface area (Å²) in [6, 6.07) is 15.8. The quantitative estimate of drug-likeness (QED) is 0.697. The van der Waals surface area contributed by atoms with E-state index in [4.69, 9.17) is 5.26 Å². The van der Waals surface area contributed by atoms with Crippen LogP contribution in [0.3, 0.4) is 0 Å². The number of aryl methyl sites for hydroxylation is 1. The lowest BCUT2D eigenvalue weighted by Gasteiger charge is -2.10. The van der Waals surface area contributed by atoms with Gasteiger partial charge in [0, 0.05) is 0 Å². The molecule has 0 radical (unpaired) electrons. The minimum Gasteiger partial charge on any atom is -0.353 e. The van der Waals surface area contributed by atoms with E-state index in [0.717, 1.165) is 6.07 Å². The molecule has 2 N–H and O–H groups in total. The fourth-order valence-electron chi connectivity index (χ4n) is 2.35. The highest BCUT2D eigenvalue weighted by atomic mass is 32.2. The number of aromatic nitrogens is 1. The molecule has 0 saturated heterocycles. The molecule has 0 bridgehead atoms. The number of anilines is 3. The number of halogens is 1. The second-order valence-electron chi connectivity index (χ2n) is 5.73. The first kappa shape index (κ1) is 18.4. The molecular weight excluding hydrogens is 367 g/mol. The summed E-state index contributed by atoms with van der Waals surface area (Å²) in [4.78, 5) is 4.02. The molecule has 0 spiro atoms. The lowest BCUT2D eigenvalue weighted by molar-refractivity contribution is 0.598. The van der Waals surface area contributed by atoms with Crippen molar-refractivity contribution in [1.29, 1.82) is 5.26 Å². The average molecular weight is 382 g/mol. The third-order valence-electron chi connectivity index (χ3n) is 3.77. The first-order valence-electron chi connectivity index (χ1n) is 7.90. The number of hydrogen-bond acceptors (Lipinski definition) is 5. The van der Waals surface area contributed by atoms with Crippen molar-refractivity contribution in [1.82, 2.24) is 4.98 Å². The Morgan fingerprint density at radius 3 is 2.56 bits per heavy atom. The number of sulfonamides is 1. The zero-order valence-corrected chi connectivity index (χ0v) is 15.1. The number of hydrogen-bond donors (Lipinski definition) is 2. The zero-order chi connectivity index (χ0) is 19.4. The molecule has 0 atom stereocenters. The summed E-state index contributed by atoms with van der Waals surface area (Å²) in [6.07, 6.45) is 1.45. The van der Waals surface area contributed by atoms with E-state index in [0.29, 0.717) is 16.9 Å². The van der Waals surface area contributed by atoms with Crippen LogP contribution in [0.25, 0.3) is 0 Å². The Kier molecular flexibility index (Phi) is 5.05. The van der Waals surface area contributed by atoms with Crippen molar-refractivity contribution < 1.29 is 12.8 Å². The van der Waals surface area contributed by atoms with Crippen LogP contribution in [-0.2, 0) is 10.0 Å². The topological polar surface area (TPSA) is 94.9 Å². The smallest absolute Gasteiger partial charge is 0.263 e. The molecule has 0 unspecified atom stereocenters. The Morgan fingerprint density at radius 1 is 1.11 bits per heavy atom. The van der Waals surface area contributed by atoms with Crippen LogP contribution in [-0.4, -0.2) is 13.4 Å². The molecule has 8 heteroatoms. The Hall–Kier alpha value is -3.44. The maximum atomic E-state index is 13.3. The molecular formula is C19H15FN4O2S. The van der Waals surface area contributed by atoms with Gasteiger partial charge in [-0.1, -0.05) is 12.1 Å². The number of rotatable bonds is 5. The van der Waals surface area contributed by atoms with Crippen LogP contribution in [0.5, 0.6) is 0 Å². The van der Waals surface area contributed by atoms with Gasteiger partial charge in [0.2, 0.25) is 0 Å². The van der Waals surface area contributed by atoms with Gasteiger partial charge in [-0.3, -0.25) is 4.72 Å². The minimum atomic E-state index is -3.88. The Morgan fingerprint density at radius 2 is 1.89 bits per heavy atom. The number of para-hydroxylation sites is 1. The summed E-state index contributed by atoms with van der Waals surface area (Å²) >= 11 is 0. The Bertz CT molecular complexity index is 1120. The number of nitrogens with zero attached hydrogens (tertiary/aromatic N) is 2. The first-order chi connectivity index (χ1) is 12.9. The van der Waals surface area contributed by atoms with Crippen molar-refractivity contribution in [2.45, 2.75) is 11.8 Å². The molecule has 0 amide bonds. The molecule has 0 aliphatic heterocycles. The highest BCUT2D eigenvalue weighted by Gasteiger charge is 2.16. The number of nitrogens with one attached hydrogen (secondary N) is 2. The van der Waals surface area contributed by atoms with E-state index in [2.05, 4.69) is 21.1 Å². The van der Waals surface area contributed by atoms with Gasteiger partial charge < -0.3 is 5.32 Å². The molecule has 2 aromatic carbocycles. The van der Waals surface area contributed by atoms with Crippen molar-refractivity contribution >= 4 is 27.2 Å². The van der Waals surface area contributed by atoms with E-state index in [1.807, 2.05) is 0 Å². The summed E-state index contributed by atoms with van der Waals surface area (Å²) in [5, 5.41) is 12.2. The second-order valence-corrected chi connectivity index (χ2v) is 7.41. The van der Waals surface area contributed by atoms with Gasteiger partial charge in [-0.2, -0.15) is 5.26 Å². The molecule has 6 nitrogen and oxygen atoms in total. The lowest BCUT2D eigenvalue weighted by atomic mass is 10.2. The third kappa shape index (κ3) is 4.22. The highest BCUT2D eigenvalue weighted by Crippen LogP contribution is 2.22. The van der Waals surface area contributed by atoms with Gasteiger partial charge in [-0.05, 0) is 55.0 Å². The summed E-state index contributed by atoms with van der Waals surface area (Å²) in [7, 11) is -3.88. The third-order valence-corrected chi connectivity index (χ3v) is 5.12. The molecule has 0 fully saturated rings. The highest BCUT2D eigenvalue weighted by molar-refractivity contribution is 7.92. The summed E-state index contributed by atoms with van der Waals surface area (Å²) < 4.78 is 40.5. The van der Waals surface area contributed by atoms with Crippen LogP contribution in [0, 0.1) is 24.1 Å².